The molecule has 0 aliphatic carbocycles. The van der Waals surface area contributed by atoms with Gasteiger partial charge < -0.3 is 15.8 Å². The summed E-state index contributed by atoms with van der Waals surface area (Å²) in [6.07, 6.45) is 2.78. The number of aromatic nitrogens is 2. The third kappa shape index (κ3) is 5.27. The Kier molecular flexibility index (Phi) is 6.45. The SMILES string of the molecule is COc1ccccc1CCC(=O)NCCc1nc(C)ncc1C(N)=O. The summed E-state index contributed by atoms with van der Waals surface area (Å²) in [6, 6.07) is 7.62. The van der Waals surface area contributed by atoms with Crippen LogP contribution in [0.4, 0.5) is 0 Å². The van der Waals surface area contributed by atoms with E-state index in [9.17, 15) is 9.59 Å². The van der Waals surface area contributed by atoms with Crippen molar-refractivity contribution in [3.8, 4) is 5.75 Å². The maximum Gasteiger partial charge on any atom is 0.252 e. The monoisotopic (exact) mass is 342 g/mol. The Balaban J connectivity index is 1.85. The molecule has 0 saturated carbocycles. The van der Waals surface area contributed by atoms with E-state index in [2.05, 4.69) is 15.3 Å². The van der Waals surface area contributed by atoms with Crippen molar-refractivity contribution in [2.75, 3.05) is 13.7 Å². The Hall–Kier alpha value is -2.96. The molecule has 1 aromatic heterocycles. The number of benzene rings is 1. The Morgan fingerprint density at radius 2 is 2.00 bits per heavy atom. The molecular weight excluding hydrogens is 320 g/mol. The van der Waals surface area contributed by atoms with Gasteiger partial charge in [-0.15, -0.1) is 0 Å². The maximum atomic E-state index is 12.0. The van der Waals surface area contributed by atoms with Gasteiger partial charge >= 0.3 is 0 Å². The van der Waals surface area contributed by atoms with E-state index in [1.165, 1.54) is 6.20 Å². The van der Waals surface area contributed by atoms with Gasteiger partial charge in [0.05, 0.1) is 18.4 Å². The number of hydrogen-bond acceptors (Lipinski definition) is 5. The first-order valence-corrected chi connectivity index (χ1v) is 8.02. The van der Waals surface area contributed by atoms with Crippen molar-refractivity contribution in [1.82, 2.24) is 15.3 Å². The van der Waals surface area contributed by atoms with Crippen LogP contribution in [0.5, 0.6) is 5.75 Å². The molecule has 1 heterocycles. The fourth-order valence-electron chi connectivity index (χ4n) is 2.48. The summed E-state index contributed by atoms with van der Waals surface area (Å²) in [7, 11) is 1.61. The standard InChI is InChI=1S/C18H22N4O3/c1-12-21-11-14(18(19)24)15(22-12)9-10-20-17(23)8-7-13-5-3-4-6-16(13)25-2/h3-6,11H,7-10H2,1-2H3,(H2,19,24)(H,20,23). The summed E-state index contributed by atoms with van der Waals surface area (Å²) >= 11 is 0. The molecule has 7 nitrogen and oxygen atoms in total. The Morgan fingerprint density at radius 3 is 2.72 bits per heavy atom. The van der Waals surface area contributed by atoms with Crippen molar-refractivity contribution in [3.05, 3.63) is 53.1 Å². The van der Waals surface area contributed by atoms with Crippen LogP contribution in [0.1, 0.15) is 33.9 Å². The first-order chi connectivity index (χ1) is 12.0. The van der Waals surface area contributed by atoms with E-state index in [1.807, 2.05) is 24.3 Å². The molecule has 0 fully saturated rings. The molecule has 0 aliphatic heterocycles. The number of nitrogens with two attached hydrogens (primary N) is 1. The predicted octanol–water partition coefficient (Wildman–Crippen LogP) is 1.18. The van der Waals surface area contributed by atoms with Crippen LogP contribution in [-0.4, -0.2) is 35.4 Å². The quantitative estimate of drug-likeness (QED) is 0.749. The lowest BCUT2D eigenvalue weighted by Gasteiger charge is -2.09. The first kappa shape index (κ1) is 18.4. The molecule has 7 heteroatoms. The number of hydrogen-bond donors (Lipinski definition) is 2. The van der Waals surface area contributed by atoms with Gasteiger partial charge in [0.15, 0.2) is 0 Å². The van der Waals surface area contributed by atoms with Gasteiger partial charge in [-0.25, -0.2) is 9.97 Å². The van der Waals surface area contributed by atoms with Crippen LogP contribution in [0, 0.1) is 6.92 Å². The van der Waals surface area contributed by atoms with Gasteiger partial charge in [0.2, 0.25) is 5.91 Å². The summed E-state index contributed by atoms with van der Waals surface area (Å²) in [6.45, 7) is 2.11. The smallest absolute Gasteiger partial charge is 0.252 e. The molecule has 0 atom stereocenters. The molecule has 0 bridgehead atoms. The molecule has 0 spiro atoms. The highest BCUT2D eigenvalue weighted by molar-refractivity contribution is 5.93. The van der Waals surface area contributed by atoms with E-state index in [0.29, 0.717) is 37.3 Å². The zero-order chi connectivity index (χ0) is 18.2. The van der Waals surface area contributed by atoms with Crippen LogP contribution in [-0.2, 0) is 17.6 Å². The number of methoxy groups -OCH3 is 1. The lowest BCUT2D eigenvalue weighted by atomic mass is 10.1. The first-order valence-electron chi connectivity index (χ1n) is 8.02. The number of aryl methyl sites for hydroxylation is 2. The van der Waals surface area contributed by atoms with Crippen molar-refractivity contribution in [3.63, 3.8) is 0 Å². The molecule has 2 rings (SSSR count). The number of ether oxygens (including phenoxy) is 1. The average Bonchev–Trinajstić information content (AvgIpc) is 2.60. The van der Waals surface area contributed by atoms with Crippen molar-refractivity contribution >= 4 is 11.8 Å². The molecule has 1 aromatic carbocycles. The van der Waals surface area contributed by atoms with Crippen molar-refractivity contribution in [1.29, 1.82) is 0 Å². The van der Waals surface area contributed by atoms with Crippen LogP contribution < -0.4 is 15.8 Å². The van der Waals surface area contributed by atoms with Crippen molar-refractivity contribution in [2.24, 2.45) is 5.73 Å². The van der Waals surface area contributed by atoms with E-state index in [-0.39, 0.29) is 11.5 Å². The molecule has 25 heavy (non-hydrogen) atoms. The second-order valence-electron chi connectivity index (χ2n) is 5.55. The van der Waals surface area contributed by atoms with Gasteiger partial charge in [0.1, 0.15) is 11.6 Å². The summed E-state index contributed by atoms with van der Waals surface area (Å²) in [4.78, 5) is 31.6. The molecule has 0 saturated heterocycles. The summed E-state index contributed by atoms with van der Waals surface area (Å²) in [5, 5.41) is 2.83. The van der Waals surface area contributed by atoms with E-state index >= 15 is 0 Å². The van der Waals surface area contributed by atoms with Crippen LogP contribution in [0.2, 0.25) is 0 Å². The minimum Gasteiger partial charge on any atom is -0.496 e. The van der Waals surface area contributed by atoms with Crippen LogP contribution >= 0.6 is 0 Å². The summed E-state index contributed by atoms with van der Waals surface area (Å²) in [5.74, 6) is 0.690. The molecule has 2 amide bonds. The minimum atomic E-state index is -0.572. The minimum absolute atomic E-state index is 0.0719. The third-order valence-electron chi connectivity index (χ3n) is 3.75. The highest BCUT2D eigenvalue weighted by Crippen LogP contribution is 2.18. The highest BCUT2D eigenvalue weighted by Gasteiger charge is 2.11. The summed E-state index contributed by atoms with van der Waals surface area (Å²) < 4.78 is 5.27. The topological polar surface area (TPSA) is 107 Å². The van der Waals surface area contributed by atoms with Gasteiger partial charge in [-0.05, 0) is 25.0 Å². The number of carbonyl (C=O) groups is 2. The number of amides is 2. The molecule has 2 aromatic rings. The normalized spacial score (nSPS) is 10.3. The van der Waals surface area contributed by atoms with Gasteiger partial charge in [-0.3, -0.25) is 9.59 Å². The lowest BCUT2D eigenvalue weighted by molar-refractivity contribution is -0.121. The number of carbonyl (C=O) groups excluding carboxylic acids is 2. The predicted molar refractivity (Wildman–Crippen MR) is 93.3 cm³/mol. The Labute approximate surface area is 146 Å². The van der Waals surface area contributed by atoms with E-state index in [1.54, 1.807) is 14.0 Å². The Bertz CT molecular complexity index is 762. The maximum absolute atomic E-state index is 12.0. The molecule has 3 N–H and O–H groups in total. The molecule has 0 unspecified atom stereocenters. The fourth-order valence-corrected chi connectivity index (χ4v) is 2.48. The van der Waals surface area contributed by atoms with E-state index in [0.717, 1.165) is 11.3 Å². The summed E-state index contributed by atoms with van der Waals surface area (Å²) in [5.41, 5.74) is 7.14. The number of nitrogens with one attached hydrogen (secondary N) is 1. The zero-order valence-electron chi connectivity index (χ0n) is 14.4. The van der Waals surface area contributed by atoms with Crippen LogP contribution in [0.25, 0.3) is 0 Å². The van der Waals surface area contributed by atoms with E-state index < -0.39 is 5.91 Å². The largest absolute Gasteiger partial charge is 0.496 e. The van der Waals surface area contributed by atoms with Crippen molar-refractivity contribution < 1.29 is 14.3 Å². The highest BCUT2D eigenvalue weighted by atomic mass is 16.5. The number of primary amides is 1. The number of nitrogens with zero attached hydrogens (tertiary/aromatic N) is 2. The zero-order valence-corrected chi connectivity index (χ0v) is 14.4. The molecular formula is C18H22N4O3. The second-order valence-corrected chi connectivity index (χ2v) is 5.55. The molecule has 0 radical (unpaired) electrons. The van der Waals surface area contributed by atoms with E-state index in [4.69, 9.17) is 10.5 Å². The fraction of sp³-hybridized carbons (Fsp3) is 0.333. The van der Waals surface area contributed by atoms with Crippen molar-refractivity contribution in [2.45, 2.75) is 26.2 Å². The molecule has 132 valence electrons. The number of para-hydroxylation sites is 1. The van der Waals surface area contributed by atoms with Gasteiger partial charge in [0.25, 0.3) is 5.91 Å². The lowest BCUT2D eigenvalue weighted by Crippen LogP contribution is -2.27. The second kappa shape index (κ2) is 8.77. The number of rotatable bonds is 8. The average molecular weight is 342 g/mol. The van der Waals surface area contributed by atoms with Gasteiger partial charge in [0, 0.05) is 25.6 Å². The van der Waals surface area contributed by atoms with Gasteiger partial charge in [-0.1, -0.05) is 18.2 Å². The third-order valence-corrected chi connectivity index (χ3v) is 3.75. The van der Waals surface area contributed by atoms with Crippen LogP contribution in [0.3, 0.4) is 0 Å². The van der Waals surface area contributed by atoms with Gasteiger partial charge in [-0.2, -0.15) is 0 Å². The Morgan fingerprint density at radius 1 is 1.24 bits per heavy atom. The van der Waals surface area contributed by atoms with Crippen LogP contribution in [0.15, 0.2) is 30.5 Å². The molecule has 0 aliphatic rings.